The van der Waals surface area contributed by atoms with Gasteiger partial charge in [-0.25, -0.2) is 0 Å². The minimum absolute atomic E-state index is 0.0571. The van der Waals surface area contributed by atoms with E-state index in [9.17, 15) is 4.79 Å². The van der Waals surface area contributed by atoms with Gasteiger partial charge in [-0.15, -0.1) is 0 Å². The maximum absolute atomic E-state index is 12.3. The molecule has 3 heteroatoms. The van der Waals surface area contributed by atoms with Crippen molar-refractivity contribution >= 4 is 5.91 Å². The Kier molecular flexibility index (Phi) is 6.02. The van der Waals surface area contributed by atoms with Crippen LogP contribution in [0.15, 0.2) is 60.7 Å². The molecule has 2 aromatic rings. The lowest BCUT2D eigenvalue weighted by Crippen LogP contribution is -2.37. The number of amides is 1. The molecule has 1 aliphatic carbocycles. The second kappa shape index (κ2) is 8.65. The lowest BCUT2D eigenvalue weighted by atomic mass is 9.99. The molecule has 0 bridgehead atoms. The molecule has 3 nitrogen and oxygen atoms in total. The molecule has 2 N–H and O–H groups in total. The summed E-state index contributed by atoms with van der Waals surface area (Å²) in [6.45, 7) is 1.37. The number of rotatable bonds is 9. The van der Waals surface area contributed by atoms with Crippen molar-refractivity contribution in [2.45, 2.75) is 31.7 Å². The Morgan fingerprint density at radius 2 is 1.67 bits per heavy atom. The molecule has 126 valence electrons. The van der Waals surface area contributed by atoms with E-state index in [-0.39, 0.29) is 11.9 Å². The van der Waals surface area contributed by atoms with Gasteiger partial charge in [0.25, 0.3) is 0 Å². The largest absolute Gasteiger partial charge is 0.348 e. The van der Waals surface area contributed by atoms with E-state index >= 15 is 0 Å². The SMILES string of the molecule is O=C(CNCC1CC1)NC(CCc1ccccc1)c1ccccc1. The van der Waals surface area contributed by atoms with Gasteiger partial charge in [0, 0.05) is 0 Å². The fourth-order valence-electron chi connectivity index (χ4n) is 2.92. The standard InChI is InChI=1S/C21H26N2O/c24-21(16-22-15-18-11-12-18)23-20(19-9-5-2-6-10-19)14-13-17-7-3-1-4-8-17/h1-10,18,20,22H,11-16H2,(H,23,24). The van der Waals surface area contributed by atoms with Crippen LogP contribution in [0.4, 0.5) is 0 Å². The number of benzene rings is 2. The van der Waals surface area contributed by atoms with Gasteiger partial charge in [0.15, 0.2) is 0 Å². The fourth-order valence-corrected chi connectivity index (χ4v) is 2.92. The van der Waals surface area contributed by atoms with Crippen LogP contribution in [0, 0.1) is 5.92 Å². The Morgan fingerprint density at radius 1 is 1.00 bits per heavy atom. The van der Waals surface area contributed by atoms with Crippen LogP contribution < -0.4 is 10.6 Å². The quantitative estimate of drug-likeness (QED) is 0.742. The molecule has 0 spiro atoms. The lowest BCUT2D eigenvalue weighted by Gasteiger charge is -2.19. The van der Waals surface area contributed by atoms with E-state index < -0.39 is 0 Å². The number of carbonyl (C=O) groups excluding carboxylic acids is 1. The molecular formula is C21H26N2O. The molecule has 1 atom stereocenters. The van der Waals surface area contributed by atoms with E-state index in [1.165, 1.54) is 24.0 Å². The summed E-state index contributed by atoms with van der Waals surface area (Å²) in [5, 5.41) is 6.46. The Labute approximate surface area is 144 Å². The molecule has 0 aromatic heterocycles. The van der Waals surface area contributed by atoms with Crippen molar-refractivity contribution in [1.82, 2.24) is 10.6 Å². The van der Waals surface area contributed by atoms with Gasteiger partial charge in [-0.3, -0.25) is 4.79 Å². The van der Waals surface area contributed by atoms with Crippen LogP contribution in [0.25, 0.3) is 0 Å². The minimum Gasteiger partial charge on any atom is -0.348 e. The molecule has 2 aromatic carbocycles. The zero-order valence-corrected chi connectivity index (χ0v) is 14.1. The fraction of sp³-hybridized carbons (Fsp3) is 0.381. The maximum Gasteiger partial charge on any atom is 0.234 e. The molecule has 0 saturated heterocycles. The highest BCUT2D eigenvalue weighted by Gasteiger charge is 2.21. The molecule has 0 radical (unpaired) electrons. The van der Waals surface area contributed by atoms with Gasteiger partial charge < -0.3 is 10.6 Å². The van der Waals surface area contributed by atoms with Gasteiger partial charge in [0.2, 0.25) is 5.91 Å². The first-order valence-corrected chi connectivity index (χ1v) is 8.90. The molecule has 1 unspecified atom stereocenters. The second-order valence-corrected chi connectivity index (χ2v) is 6.63. The zero-order valence-electron chi connectivity index (χ0n) is 14.1. The smallest absolute Gasteiger partial charge is 0.234 e. The average Bonchev–Trinajstić information content (AvgIpc) is 3.44. The molecule has 3 rings (SSSR count). The second-order valence-electron chi connectivity index (χ2n) is 6.63. The van der Waals surface area contributed by atoms with E-state index in [1.54, 1.807) is 0 Å². The van der Waals surface area contributed by atoms with Crippen LogP contribution >= 0.6 is 0 Å². The van der Waals surface area contributed by atoms with Crippen LogP contribution in [0.2, 0.25) is 0 Å². The molecule has 1 saturated carbocycles. The highest BCUT2D eigenvalue weighted by Crippen LogP contribution is 2.27. The highest BCUT2D eigenvalue weighted by atomic mass is 16.1. The van der Waals surface area contributed by atoms with Crippen molar-refractivity contribution < 1.29 is 4.79 Å². The van der Waals surface area contributed by atoms with Crippen molar-refractivity contribution in [3.63, 3.8) is 0 Å². The third kappa shape index (κ3) is 5.50. The molecule has 0 heterocycles. The summed E-state index contributed by atoms with van der Waals surface area (Å²) >= 11 is 0. The van der Waals surface area contributed by atoms with Crippen molar-refractivity contribution in [3.8, 4) is 0 Å². The number of nitrogens with one attached hydrogen (secondary N) is 2. The number of aryl methyl sites for hydroxylation is 1. The summed E-state index contributed by atoms with van der Waals surface area (Å²) in [5.41, 5.74) is 2.48. The molecular weight excluding hydrogens is 296 g/mol. The van der Waals surface area contributed by atoms with Crippen molar-refractivity contribution in [1.29, 1.82) is 0 Å². The average molecular weight is 322 g/mol. The maximum atomic E-state index is 12.3. The summed E-state index contributed by atoms with van der Waals surface area (Å²) in [5.74, 6) is 0.873. The first-order valence-electron chi connectivity index (χ1n) is 8.90. The van der Waals surface area contributed by atoms with Gasteiger partial charge >= 0.3 is 0 Å². The van der Waals surface area contributed by atoms with Gasteiger partial charge in [0.05, 0.1) is 12.6 Å². The molecule has 1 aliphatic rings. The van der Waals surface area contributed by atoms with Crippen molar-refractivity contribution in [3.05, 3.63) is 71.8 Å². The summed E-state index contributed by atoms with van der Waals surface area (Å²) in [6, 6.07) is 20.7. The highest BCUT2D eigenvalue weighted by molar-refractivity contribution is 5.78. The van der Waals surface area contributed by atoms with E-state index in [2.05, 4.69) is 47.0 Å². The Balaban J connectivity index is 1.55. The van der Waals surface area contributed by atoms with Crippen LogP contribution in [0.3, 0.4) is 0 Å². The third-order valence-corrected chi connectivity index (χ3v) is 4.52. The van der Waals surface area contributed by atoms with Crippen LogP contribution in [-0.2, 0) is 11.2 Å². The predicted molar refractivity (Wildman–Crippen MR) is 97.7 cm³/mol. The normalized spacial score (nSPS) is 15.0. The topological polar surface area (TPSA) is 41.1 Å². The van der Waals surface area contributed by atoms with Crippen LogP contribution in [0.1, 0.15) is 36.4 Å². The Bertz CT molecular complexity index is 623. The number of hydrogen-bond acceptors (Lipinski definition) is 2. The van der Waals surface area contributed by atoms with E-state index in [0.717, 1.165) is 25.3 Å². The Hall–Kier alpha value is -2.13. The predicted octanol–water partition coefficient (Wildman–Crippen LogP) is 3.48. The van der Waals surface area contributed by atoms with E-state index in [1.807, 2.05) is 24.3 Å². The molecule has 0 aliphatic heterocycles. The number of carbonyl (C=O) groups is 1. The summed E-state index contributed by atoms with van der Waals surface area (Å²) in [6.07, 6.45) is 4.47. The van der Waals surface area contributed by atoms with Gasteiger partial charge in [-0.2, -0.15) is 0 Å². The van der Waals surface area contributed by atoms with Crippen molar-refractivity contribution in [2.75, 3.05) is 13.1 Å². The summed E-state index contributed by atoms with van der Waals surface area (Å²) in [7, 11) is 0. The van der Waals surface area contributed by atoms with Gasteiger partial charge in [-0.05, 0) is 49.3 Å². The molecule has 24 heavy (non-hydrogen) atoms. The first-order chi connectivity index (χ1) is 11.8. The minimum atomic E-state index is 0.0571. The third-order valence-electron chi connectivity index (χ3n) is 4.52. The number of hydrogen-bond donors (Lipinski definition) is 2. The summed E-state index contributed by atoms with van der Waals surface area (Å²) in [4.78, 5) is 12.3. The van der Waals surface area contributed by atoms with Gasteiger partial charge in [0.1, 0.15) is 0 Å². The van der Waals surface area contributed by atoms with Gasteiger partial charge in [-0.1, -0.05) is 60.7 Å². The van der Waals surface area contributed by atoms with E-state index in [0.29, 0.717) is 6.54 Å². The van der Waals surface area contributed by atoms with Crippen LogP contribution in [-0.4, -0.2) is 19.0 Å². The molecule has 1 amide bonds. The Morgan fingerprint density at radius 3 is 2.33 bits per heavy atom. The van der Waals surface area contributed by atoms with Crippen LogP contribution in [0.5, 0.6) is 0 Å². The van der Waals surface area contributed by atoms with E-state index in [4.69, 9.17) is 0 Å². The monoisotopic (exact) mass is 322 g/mol. The van der Waals surface area contributed by atoms with Crippen molar-refractivity contribution in [2.24, 2.45) is 5.92 Å². The molecule has 1 fully saturated rings. The first kappa shape index (κ1) is 16.7. The summed E-state index contributed by atoms with van der Waals surface area (Å²) < 4.78 is 0. The zero-order chi connectivity index (χ0) is 16.6. The lowest BCUT2D eigenvalue weighted by molar-refractivity contribution is -0.121.